The molecule has 0 saturated carbocycles. The zero-order valence-electron chi connectivity index (χ0n) is 9.28. The summed E-state index contributed by atoms with van der Waals surface area (Å²) in [5, 5.41) is 8.96. The van der Waals surface area contributed by atoms with Gasteiger partial charge in [0.2, 0.25) is 5.91 Å². The number of carboxylic acid groups (broad SMARTS) is 1. The first kappa shape index (κ1) is 13.4. The van der Waals surface area contributed by atoms with Crippen molar-refractivity contribution < 1.29 is 19.1 Å². The van der Waals surface area contributed by atoms with Crippen LogP contribution >= 0.6 is 11.6 Å². The number of likely N-dealkylation sites (N-methyl/N-ethyl adjacent to an activating group) is 1. The maximum absolute atomic E-state index is 13.2. The lowest BCUT2D eigenvalue weighted by Crippen LogP contribution is -2.34. The summed E-state index contributed by atoms with van der Waals surface area (Å²) in [6, 6.07) is 2.43. The highest BCUT2D eigenvalue weighted by Gasteiger charge is 2.27. The van der Waals surface area contributed by atoms with Crippen molar-refractivity contribution in [3.8, 4) is 0 Å². The molecule has 0 radical (unpaired) electrons. The maximum Gasteiger partial charge on any atom is 0.331 e. The minimum atomic E-state index is -1.23. The predicted octanol–water partition coefficient (Wildman–Crippen LogP) is 2.08. The van der Waals surface area contributed by atoms with E-state index in [4.69, 9.17) is 16.7 Å². The number of carbonyl (C=O) groups excluding carboxylic acids is 1. The first-order valence-corrected chi connectivity index (χ1v) is 5.13. The molecule has 0 heterocycles. The molecule has 92 valence electrons. The van der Waals surface area contributed by atoms with Crippen LogP contribution in [0.1, 0.15) is 18.5 Å². The van der Waals surface area contributed by atoms with E-state index >= 15 is 0 Å². The minimum Gasteiger partial charge on any atom is -0.479 e. The molecule has 1 amide bonds. The average Bonchev–Trinajstić information content (AvgIpc) is 2.22. The van der Waals surface area contributed by atoms with Gasteiger partial charge in [-0.3, -0.25) is 4.79 Å². The Hall–Kier alpha value is -1.62. The van der Waals surface area contributed by atoms with Gasteiger partial charge in [-0.05, 0) is 17.7 Å². The Morgan fingerprint density at radius 1 is 1.47 bits per heavy atom. The number of amides is 1. The second-order valence-electron chi connectivity index (χ2n) is 3.54. The zero-order valence-corrected chi connectivity index (χ0v) is 10.0. The second kappa shape index (κ2) is 5.14. The van der Waals surface area contributed by atoms with Crippen LogP contribution in [0.5, 0.6) is 0 Å². The van der Waals surface area contributed by atoms with Gasteiger partial charge in [0, 0.05) is 14.0 Å². The van der Waals surface area contributed by atoms with E-state index in [0.717, 1.165) is 11.0 Å². The number of aliphatic carboxylic acids is 1. The number of benzene rings is 1. The van der Waals surface area contributed by atoms with Gasteiger partial charge >= 0.3 is 5.97 Å². The van der Waals surface area contributed by atoms with Gasteiger partial charge in [0.05, 0.1) is 5.02 Å². The fraction of sp³-hybridized carbons (Fsp3) is 0.273. The lowest BCUT2D eigenvalue weighted by atomic mass is 10.1. The van der Waals surface area contributed by atoms with Crippen molar-refractivity contribution in [2.45, 2.75) is 13.0 Å². The summed E-state index contributed by atoms with van der Waals surface area (Å²) in [4.78, 5) is 23.3. The molecular formula is C11H11ClFNO3. The van der Waals surface area contributed by atoms with Gasteiger partial charge in [0.1, 0.15) is 5.82 Å². The quantitative estimate of drug-likeness (QED) is 0.904. The molecule has 0 aromatic heterocycles. The standard InChI is InChI=1S/C11H11ClFNO3/c1-6(15)14(2)10(11(16)17)7-3-4-8(12)9(13)5-7/h3-5,10H,1-2H3,(H,16,17). The summed E-state index contributed by atoms with van der Waals surface area (Å²) < 4.78 is 13.2. The zero-order chi connectivity index (χ0) is 13.2. The van der Waals surface area contributed by atoms with Crippen LogP contribution in [0.4, 0.5) is 4.39 Å². The maximum atomic E-state index is 13.2. The second-order valence-corrected chi connectivity index (χ2v) is 3.95. The van der Waals surface area contributed by atoms with Crippen LogP contribution in [0.25, 0.3) is 0 Å². The van der Waals surface area contributed by atoms with Crippen LogP contribution in [0.2, 0.25) is 5.02 Å². The number of carbonyl (C=O) groups is 2. The number of carboxylic acids is 1. The summed E-state index contributed by atoms with van der Waals surface area (Å²) in [5.41, 5.74) is 0.164. The highest BCUT2D eigenvalue weighted by molar-refractivity contribution is 6.30. The molecule has 4 nitrogen and oxygen atoms in total. The highest BCUT2D eigenvalue weighted by atomic mass is 35.5. The Bertz CT molecular complexity index is 464. The van der Waals surface area contributed by atoms with E-state index in [-0.39, 0.29) is 10.6 Å². The van der Waals surface area contributed by atoms with Gasteiger partial charge in [-0.15, -0.1) is 0 Å². The van der Waals surface area contributed by atoms with E-state index in [2.05, 4.69) is 0 Å². The molecule has 0 bridgehead atoms. The molecule has 0 fully saturated rings. The van der Waals surface area contributed by atoms with Gasteiger partial charge in [-0.25, -0.2) is 9.18 Å². The minimum absolute atomic E-state index is 0.0941. The van der Waals surface area contributed by atoms with E-state index in [1.165, 1.54) is 26.1 Å². The number of rotatable bonds is 3. The third kappa shape index (κ3) is 2.94. The Morgan fingerprint density at radius 2 is 2.06 bits per heavy atom. The molecule has 0 spiro atoms. The van der Waals surface area contributed by atoms with Crippen molar-refractivity contribution in [2.75, 3.05) is 7.05 Å². The third-order valence-electron chi connectivity index (χ3n) is 2.38. The normalized spacial score (nSPS) is 12.0. The molecule has 0 aliphatic heterocycles. The van der Waals surface area contributed by atoms with E-state index in [9.17, 15) is 14.0 Å². The topological polar surface area (TPSA) is 57.6 Å². The number of hydrogen-bond acceptors (Lipinski definition) is 2. The van der Waals surface area contributed by atoms with Gasteiger partial charge < -0.3 is 10.0 Å². The molecular weight excluding hydrogens is 249 g/mol. The van der Waals surface area contributed by atoms with Crippen LogP contribution in [0.15, 0.2) is 18.2 Å². The third-order valence-corrected chi connectivity index (χ3v) is 2.68. The van der Waals surface area contributed by atoms with Gasteiger partial charge in [-0.2, -0.15) is 0 Å². The van der Waals surface area contributed by atoms with Gasteiger partial charge in [0.25, 0.3) is 0 Å². The van der Waals surface area contributed by atoms with Crippen molar-refractivity contribution in [2.24, 2.45) is 0 Å². The van der Waals surface area contributed by atoms with Crippen LogP contribution in [0.3, 0.4) is 0 Å². The summed E-state index contributed by atoms with van der Waals surface area (Å²) in [5.74, 6) is -2.37. The molecule has 1 atom stereocenters. The van der Waals surface area contributed by atoms with Crippen LogP contribution in [-0.4, -0.2) is 28.9 Å². The summed E-state index contributed by atoms with van der Waals surface area (Å²) in [6.45, 7) is 1.24. The van der Waals surface area contributed by atoms with Crippen LogP contribution in [0, 0.1) is 5.82 Å². The molecule has 0 saturated heterocycles. The van der Waals surface area contributed by atoms with Crippen LogP contribution in [-0.2, 0) is 9.59 Å². The van der Waals surface area contributed by atoms with Gasteiger partial charge in [-0.1, -0.05) is 17.7 Å². The summed E-state index contributed by atoms with van der Waals surface area (Å²) in [7, 11) is 1.34. The molecule has 1 rings (SSSR count). The molecule has 0 aliphatic rings. The summed E-state index contributed by atoms with van der Waals surface area (Å²) >= 11 is 5.50. The number of hydrogen-bond donors (Lipinski definition) is 1. The Kier molecular flexibility index (Phi) is 4.07. The molecule has 1 N–H and O–H groups in total. The van der Waals surface area contributed by atoms with Crippen molar-refractivity contribution in [3.63, 3.8) is 0 Å². The Labute approximate surface area is 103 Å². The monoisotopic (exact) mass is 259 g/mol. The molecule has 0 aliphatic carbocycles. The first-order chi connectivity index (χ1) is 7.84. The number of halogens is 2. The summed E-state index contributed by atoms with van der Waals surface area (Å²) in [6.07, 6.45) is 0. The highest BCUT2D eigenvalue weighted by Crippen LogP contribution is 2.24. The van der Waals surface area contributed by atoms with Crippen molar-refractivity contribution >= 4 is 23.5 Å². The SMILES string of the molecule is CC(=O)N(C)C(C(=O)O)c1ccc(Cl)c(F)c1. The first-order valence-electron chi connectivity index (χ1n) is 4.75. The molecule has 1 aromatic carbocycles. The van der Waals surface area contributed by atoms with E-state index in [1.54, 1.807) is 0 Å². The molecule has 17 heavy (non-hydrogen) atoms. The van der Waals surface area contributed by atoms with E-state index in [0.29, 0.717) is 0 Å². The molecule has 6 heteroatoms. The lowest BCUT2D eigenvalue weighted by molar-refractivity contribution is -0.148. The van der Waals surface area contributed by atoms with Crippen molar-refractivity contribution in [3.05, 3.63) is 34.6 Å². The fourth-order valence-electron chi connectivity index (χ4n) is 1.40. The fourth-order valence-corrected chi connectivity index (χ4v) is 1.51. The Morgan fingerprint density at radius 3 is 2.47 bits per heavy atom. The predicted molar refractivity (Wildman–Crippen MR) is 60.2 cm³/mol. The van der Waals surface area contributed by atoms with Crippen molar-refractivity contribution in [1.82, 2.24) is 4.90 Å². The van der Waals surface area contributed by atoms with Crippen molar-refractivity contribution in [1.29, 1.82) is 0 Å². The lowest BCUT2D eigenvalue weighted by Gasteiger charge is -2.23. The number of nitrogens with zero attached hydrogens (tertiary/aromatic N) is 1. The smallest absolute Gasteiger partial charge is 0.331 e. The van der Waals surface area contributed by atoms with E-state index < -0.39 is 23.7 Å². The average molecular weight is 260 g/mol. The Balaban J connectivity index is 3.19. The molecule has 1 unspecified atom stereocenters. The van der Waals surface area contributed by atoms with Crippen LogP contribution < -0.4 is 0 Å². The largest absolute Gasteiger partial charge is 0.479 e. The van der Waals surface area contributed by atoms with E-state index in [1.807, 2.05) is 0 Å². The van der Waals surface area contributed by atoms with Gasteiger partial charge in [0.15, 0.2) is 6.04 Å². The molecule has 1 aromatic rings.